The van der Waals surface area contributed by atoms with Gasteiger partial charge in [-0.25, -0.2) is 14.8 Å². The number of nitrogens with zero attached hydrogens (tertiary/aromatic N) is 6. The highest BCUT2D eigenvalue weighted by atomic mass is 79.9. The Balaban J connectivity index is 1.37. The van der Waals surface area contributed by atoms with E-state index in [0.29, 0.717) is 21.6 Å². The van der Waals surface area contributed by atoms with Crippen molar-refractivity contribution in [2.45, 2.75) is 76.8 Å². The highest BCUT2D eigenvalue weighted by molar-refractivity contribution is 9.10. The summed E-state index contributed by atoms with van der Waals surface area (Å²) in [5.74, 6) is -5.35. The monoisotopic (exact) mass is 647 g/mol. The number of nitrogens with one attached hydrogen (secondary N) is 1. The smallest absolute Gasteiger partial charge is 0.418 e. The first-order chi connectivity index (χ1) is 19.6. The normalized spacial score (nSPS) is 18.9. The highest BCUT2D eigenvalue weighted by Crippen LogP contribution is 2.34. The minimum absolute atomic E-state index is 0.0585. The summed E-state index contributed by atoms with van der Waals surface area (Å²) in [5.41, 5.74) is 0.482. The van der Waals surface area contributed by atoms with Gasteiger partial charge >= 0.3 is 6.09 Å². The van der Waals surface area contributed by atoms with E-state index in [2.05, 4.69) is 36.2 Å². The van der Waals surface area contributed by atoms with Gasteiger partial charge in [-0.1, -0.05) is 12.8 Å². The van der Waals surface area contributed by atoms with E-state index in [0.717, 1.165) is 36.6 Å². The number of hydrogen-bond acceptors (Lipinski definition) is 12. The molecule has 5 rings (SSSR count). The largest absolute Gasteiger partial charge is 0.443 e. The van der Waals surface area contributed by atoms with Crippen LogP contribution in [0.5, 0.6) is 0 Å². The zero-order valence-electron chi connectivity index (χ0n) is 23.7. The Labute approximate surface area is 249 Å². The number of piperazine rings is 1. The van der Waals surface area contributed by atoms with Gasteiger partial charge in [0.05, 0.1) is 29.4 Å². The van der Waals surface area contributed by atoms with Gasteiger partial charge in [-0.05, 0) is 74.2 Å². The molecule has 2 fully saturated rings. The van der Waals surface area contributed by atoms with Crippen molar-refractivity contribution < 1.29 is 30.0 Å². The molecule has 1 aliphatic heterocycles. The molecule has 42 heavy (non-hydrogen) atoms. The first-order valence-corrected chi connectivity index (χ1v) is 14.3. The van der Waals surface area contributed by atoms with Crippen LogP contribution in [0.3, 0.4) is 0 Å². The Morgan fingerprint density at radius 3 is 2.29 bits per heavy atom. The minimum atomic E-state index is -2.97. The number of anilines is 3. The molecule has 14 nitrogen and oxygen atoms in total. The number of hydrogen-bond donors (Lipinski definition) is 5. The lowest BCUT2D eigenvalue weighted by Gasteiger charge is -2.50. The summed E-state index contributed by atoms with van der Waals surface area (Å²) in [6.45, 7) is 5.37. The van der Waals surface area contributed by atoms with E-state index in [9.17, 15) is 30.0 Å². The summed E-state index contributed by atoms with van der Waals surface area (Å²) < 4.78 is 7.36. The Bertz CT molecular complexity index is 1550. The van der Waals surface area contributed by atoms with Crippen LogP contribution in [-0.4, -0.2) is 81.5 Å². The maximum Gasteiger partial charge on any atom is 0.418 e. The lowest BCUT2D eigenvalue weighted by atomic mass is 10.1. The number of β-amino-alcohol motifs (C(OH)–C–C–N with tert-alkyl or cyclic N) is 4. The molecule has 1 amide bonds. The van der Waals surface area contributed by atoms with E-state index in [1.165, 1.54) is 11.1 Å². The van der Waals surface area contributed by atoms with Crippen molar-refractivity contribution in [1.82, 2.24) is 24.4 Å². The molecule has 0 radical (unpaired) electrons. The molecule has 5 N–H and O–H groups in total. The number of pyridine rings is 2. The van der Waals surface area contributed by atoms with E-state index >= 15 is 0 Å². The van der Waals surface area contributed by atoms with E-state index in [1.54, 1.807) is 43.7 Å². The van der Waals surface area contributed by atoms with Gasteiger partial charge in [-0.15, -0.1) is 0 Å². The first-order valence-electron chi connectivity index (χ1n) is 13.6. The molecule has 0 bridgehead atoms. The van der Waals surface area contributed by atoms with E-state index < -0.39 is 36.6 Å². The quantitative estimate of drug-likeness (QED) is 0.261. The number of carbonyl (C=O) groups is 1. The Kier molecular flexibility index (Phi) is 7.68. The number of carbonyl (C=O) groups excluding carboxylic acids is 1. The van der Waals surface area contributed by atoms with Gasteiger partial charge in [0, 0.05) is 17.6 Å². The zero-order valence-corrected chi connectivity index (χ0v) is 25.3. The highest BCUT2D eigenvalue weighted by Gasteiger charge is 2.56. The maximum absolute atomic E-state index is 13.2. The van der Waals surface area contributed by atoms with Crippen LogP contribution in [0.25, 0.3) is 11.0 Å². The Hall–Kier alpha value is -3.37. The van der Waals surface area contributed by atoms with E-state index in [-0.39, 0.29) is 22.4 Å². The van der Waals surface area contributed by atoms with Crippen molar-refractivity contribution in [3.63, 3.8) is 0 Å². The van der Waals surface area contributed by atoms with Crippen molar-refractivity contribution in [3.8, 4) is 0 Å². The molecular weight excluding hydrogens is 614 g/mol. The Morgan fingerprint density at radius 1 is 1.07 bits per heavy atom. The third-order valence-corrected chi connectivity index (χ3v) is 8.21. The predicted octanol–water partition coefficient (Wildman–Crippen LogP) is 2.45. The maximum atomic E-state index is 13.2. The molecule has 226 valence electrons. The topological polar surface area (TPSA) is 186 Å². The SMILES string of the molecule is Cc1c(Br)c(=O)n(C2CCCC2)c2nc(Nc3ccc(N4CC(O)(O)N(C(=O)OC(C)(C)C)C(O)(O)C4)cn3)ncc12. The summed E-state index contributed by atoms with van der Waals surface area (Å²) in [6, 6.07) is 3.21. The second-order valence-electron chi connectivity index (χ2n) is 11.7. The molecule has 3 aromatic rings. The average molecular weight is 649 g/mol. The van der Waals surface area contributed by atoms with E-state index in [4.69, 9.17) is 4.74 Å². The van der Waals surface area contributed by atoms with Gasteiger partial charge in [-0.2, -0.15) is 9.88 Å². The summed E-state index contributed by atoms with van der Waals surface area (Å²) in [7, 11) is 0. The number of fused-ring (bicyclic) bond motifs is 1. The van der Waals surface area contributed by atoms with Crippen LogP contribution in [0.15, 0.2) is 33.8 Å². The van der Waals surface area contributed by atoms with Gasteiger partial charge in [-0.3, -0.25) is 9.36 Å². The fourth-order valence-electron chi connectivity index (χ4n) is 5.40. The molecule has 1 saturated carbocycles. The Morgan fingerprint density at radius 2 is 1.71 bits per heavy atom. The third kappa shape index (κ3) is 5.79. The first kappa shape index (κ1) is 30.1. The molecule has 0 aromatic carbocycles. The van der Waals surface area contributed by atoms with Crippen LogP contribution in [0.4, 0.5) is 22.2 Å². The summed E-state index contributed by atoms with van der Waals surface area (Å²) in [5, 5.41) is 46.2. The molecule has 0 spiro atoms. The van der Waals surface area contributed by atoms with Crippen molar-refractivity contribution in [2.75, 3.05) is 23.3 Å². The van der Waals surface area contributed by atoms with Crippen molar-refractivity contribution in [2.24, 2.45) is 0 Å². The second-order valence-corrected chi connectivity index (χ2v) is 12.5. The number of aliphatic hydroxyl groups is 4. The standard InChI is InChI=1S/C27H34BrN7O7/c1-15-18-12-30-23(32-21(18)34(22(36)20(15)28)16-7-5-6-8-16)31-19-10-9-17(11-29-19)33-13-26(38,39)35(27(40,41)14-33)24(37)42-25(2,3)4/h9-12,16,38-41H,5-8,13-14H2,1-4H3,(H,29,30,31,32). The van der Waals surface area contributed by atoms with Crippen LogP contribution in [0.2, 0.25) is 0 Å². The van der Waals surface area contributed by atoms with Crippen LogP contribution >= 0.6 is 15.9 Å². The number of halogens is 1. The van der Waals surface area contributed by atoms with Crippen LogP contribution in [0, 0.1) is 6.92 Å². The number of ether oxygens (including phenoxy) is 1. The number of aromatic nitrogens is 4. The van der Waals surface area contributed by atoms with Crippen molar-refractivity contribution in [1.29, 1.82) is 0 Å². The summed E-state index contributed by atoms with van der Waals surface area (Å²) >= 11 is 3.44. The lowest BCUT2D eigenvalue weighted by Crippen LogP contribution is -2.75. The third-order valence-electron chi connectivity index (χ3n) is 7.28. The molecule has 1 aliphatic carbocycles. The van der Waals surface area contributed by atoms with Gasteiger partial charge in [0.15, 0.2) is 0 Å². The van der Waals surface area contributed by atoms with Gasteiger partial charge in [0.2, 0.25) is 5.95 Å². The summed E-state index contributed by atoms with van der Waals surface area (Å²) in [4.78, 5) is 40.5. The molecule has 4 heterocycles. The minimum Gasteiger partial charge on any atom is -0.443 e. The molecular formula is C27H34BrN7O7. The lowest BCUT2D eigenvalue weighted by molar-refractivity contribution is -0.372. The van der Waals surface area contributed by atoms with Gasteiger partial charge < -0.3 is 35.4 Å². The average Bonchev–Trinajstić information content (AvgIpc) is 3.40. The molecule has 1 saturated heterocycles. The van der Waals surface area contributed by atoms with Crippen molar-refractivity contribution in [3.05, 3.63) is 44.9 Å². The van der Waals surface area contributed by atoms with Gasteiger partial charge in [0.1, 0.15) is 17.1 Å². The number of amides is 1. The molecule has 3 aromatic heterocycles. The summed E-state index contributed by atoms with van der Waals surface area (Å²) in [6.07, 6.45) is 5.65. The van der Waals surface area contributed by atoms with Crippen LogP contribution in [-0.2, 0) is 4.74 Å². The fourth-order valence-corrected chi connectivity index (χ4v) is 5.81. The van der Waals surface area contributed by atoms with Crippen molar-refractivity contribution >= 4 is 50.5 Å². The van der Waals surface area contributed by atoms with Crippen LogP contribution < -0.4 is 15.8 Å². The molecule has 0 atom stereocenters. The van der Waals surface area contributed by atoms with Gasteiger partial charge in [0.25, 0.3) is 17.4 Å². The zero-order chi connectivity index (χ0) is 30.6. The molecule has 2 aliphatic rings. The predicted molar refractivity (Wildman–Crippen MR) is 156 cm³/mol. The number of aryl methyl sites for hydroxylation is 1. The van der Waals surface area contributed by atoms with E-state index in [1.807, 2.05) is 6.92 Å². The number of rotatable bonds is 4. The molecule has 15 heteroatoms. The fraction of sp³-hybridized carbons (Fsp3) is 0.519. The molecule has 0 unspecified atom stereocenters. The second kappa shape index (κ2) is 10.7. The van der Waals surface area contributed by atoms with Crippen LogP contribution in [0.1, 0.15) is 58.1 Å².